The maximum Gasteiger partial charge on any atom is 0.433 e. The second-order valence-electron chi connectivity index (χ2n) is 6.70. The second kappa shape index (κ2) is 7.35. The number of hydrogen-bond acceptors (Lipinski definition) is 3. The van der Waals surface area contributed by atoms with Crippen LogP contribution in [0.1, 0.15) is 23.2 Å². The highest BCUT2D eigenvalue weighted by Gasteiger charge is 2.59. The quantitative estimate of drug-likeness (QED) is 0.366. The minimum Gasteiger partial charge on any atom is -0.340 e. The van der Waals surface area contributed by atoms with Crippen molar-refractivity contribution in [1.82, 2.24) is 9.97 Å². The van der Waals surface area contributed by atoms with Gasteiger partial charge in [0.15, 0.2) is 5.69 Å². The zero-order valence-corrected chi connectivity index (χ0v) is 16.9. The van der Waals surface area contributed by atoms with E-state index in [1.165, 1.54) is 6.92 Å². The lowest BCUT2D eigenvalue weighted by Crippen LogP contribution is -2.45. The van der Waals surface area contributed by atoms with E-state index in [0.29, 0.717) is 0 Å². The van der Waals surface area contributed by atoms with E-state index in [1.54, 1.807) is 0 Å². The number of benzene rings is 1. The number of halogens is 9. The van der Waals surface area contributed by atoms with Crippen LogP contribution in [0.5, 0.6) is 0 Å². The van der Waals surface area contributed by atoms with Crippen molar-refractivity contribution in [3.05, 3.63) is 50.2 Å². The topological polar surface area (TPSA) is 29.0 Å². The van der Waals surface area contributed by atoms with Gasteiger partial charge in [-0.2, -0.15) is 26.3 Å². The molecule has 1 aliphatic heterocycles. The molecule has 1 aromatic carbocycles. The summed E-state index contributed by atoms with van der Waals surface area (Å²) in [6.07, 6.45) is -8.99. The SMILES string of the molecule is Cc1cnc(N2CCC(c3cc(Cl)c(Cl)c(Cl)c3)(C(F)(F)F)C2)nc1C(F)(F)F. The molecule has 1 saturated heterocycles. The first-order chi connectivity index (χ1) is 13.3. The van der Waals surface area contributed by atoms with Crippen molar-refractivity contribution in [3.8, 4) is 0 Å². The smallest absolute Gasteiger partial charge is 0.340 e. The molecule has 2 heterocycles. The average molecular weight is 479 g/mol. The molecule has 3 nitrogen and oxygen atoms in total. The molecule has 0 saturated carbocycles. The molecule has 3 rings (SSSR count). The van der Waals surface area contributed by atoms with Crippen molar-refractivity contribution >= 4 is 40.8 Å². The summed E-state index contributed by atoms with van der Waals surface area (Å²) < 4.78 is 81.7. The molecule has 1 unspecified atom stereocenters. The predicted molar refractivity (Wildman–Crippen MR) is 97.8 cm³/mol. The summed E-state index contributed by atoms with van der Waals surface area (Å²) in [6, 6.07) is 2.15. The van der Waals surface area contributed by atoms with E-state index in [4.69, 9.17) is 34.8 Å². The van der Waals surface area contributed by atoms with Crippen molar-refractivity contribution < 1.29 is 26.3 Å². The van der Waals surface area contributed by atoms with Gasteiger partial charge in [-0.3, -0.25) is 0 Å². The molecule has 1 aromatic heterocycles. The molecule has 2 aromatic rings. The van der Waals surface area contributed by atoms with Crippen LogP contribution in [0.3, 0.4) is 0 Å². The fourth-order valence-corrected chi connectivity index (χ4v) is 3.91. The van der Waals surface area contributed by atoms with Crippen LogP contribution in [-0.2, 0) is 11.6 Å². The number of aryl methyl sites for hydroxylation is 1. The molecule has 0 spiro atoms. The third-order valence-electron chi connectivity index (χ3n) is 4.86. The van der Waals surface area contributed by atoms with Gasteiger partial charge >= 0.3 is 12.4 Å². The Labute approximate surface area is 176 Å². The zero-order valence-electron chi connectivity index (χ0n) is 14.6. The van der Waals surface area contributed by atoms with Gasteiger partial charge in [0.2, 0.25) is 5.95 Å². The van der Waals surface area contributed by atoms with Gasteiger partial charge in [0.05, 0.1) is 15.1 Å². The zero-order chi connectivity index (χ0) is 21.8. The van der Waals surface area contributed by atoms with Crippen LogP contribution in [0, 0.1) is 6.92 Å². The fourth-order valence-electron chi connectivity index (χ4n) is 3.32. The summed E-state index contributed by atoms with van der Waals surface area (Å²) in [7, 11) is 0. The summed E-state index contributed by atoms with van der Waals surface area (Å²) in [4.78, 5) is 8.33. The van der Waals surface area contributed by atoms with Gasteiger partial charge in [0.25, 0.3) is 0 Å². The Hall–Kier alpha value is -1.45. The summed E-state index contributed by atoms with van der Waals surface area (Å²) in [5, 5.41) is -0.384. The second-order valence-corrected chi connectivity index (χ2v) is 7.90. The molecule has 1 aliphatic rings. The first kappa shape index (κ1) is 22.2. The van der Waals surface area contributed by atoms with Gasteiger partial charge < -0.3 is 4.90 Å². The first-order valence-corrected chi connectivity index (χ1v) is 9.27. The molecule has 0 radical (unpaired) electrons. The summed E-state index contributed by atoms with van der Waals surface area (Å²) in [6.45, 7) is 0.275. The standard InChI is InChI=1S/C17H12Cl3F6N3/c1-8-6-27-14(28-13(8)16(21,22)23)29-3-2-15(7-29,17(24,25)26)9-4-10(18)12(20)11(19)5-9/h4-6H,2-3,7H2,1H3. The third kappa shape index (κ3) is 3.96. The molecule has 29 heavy (non-hydrogen) atoms. The maximum absolute atomic E-state index is 14.1. The fraction of sp³-hybridized carbons (Fsp3) is 0.412. The van der Waals surface area contributed by atoms with Gasteiger partial charge in [-0.15, -0.1) is 0 Å². The van der Waals surface area contributed by atoms with E-state index < -0.39 is 42.4 Å². The monoisotopic (exact) mass is 477 g/mol. The van der Waals surface area contributed by atoms with Crippen LogP contribution in [0.2, 0.25) is 15.1 Å². The van der Waals surface area contributed by atoms with E-state index >= 15 is 0 Å². The molecule has 0 amide bonds. The lowest BCUT2D eigenvalue weighted by Gasteiger charge is -2.32. The molecule has 158 valence electrons. The molecular formula is C17H12Cl3F6N3. The van der Waals surface area contributed by atoms with Crippen LogP contribution in [-0.4, -0.2) is 29.2 Å². The van der Waals surface area contributed by atoms with Crippen molar-refractivity contribution in [2.75, 3.05) is 18.0 Å². The van der Waals surface area contributed by atoms with Gasteiger partial charge in [-0.05, 0) is 36.6 Å². The minimum absolute atomic E-state index is 0.0825. The number of aromatic nitrogens is 2. The van der Waals surface area contributed by atoms with Gasteiger partial charge in [-0.25, -0.2) is 9.97 Å². The van der Waals surface area contributed by atoms with E-state index in [0.717, 1.165) is 23.2 Å². The van der Waals surface area contributed by atoms with Crippen LogP contribution < -0.4 is 4.90 Å². The van der Waals surface area contributed by atoms with Gasteiger partial charge in [0, 0.05) is 19.3 Å². The molecule has 0 N–H and O–H groups in total. The predicted octanol–water partition coefficient (Wildman–Crippen LogP) is 6.47. The normalized spacial score (nSPS) is 20.4. The Bertz CT molecular complexity index is 924. The van der Waals surface area contributed by atoms with E-state index in [1.807, 2.05) is 0 Å². The molecule has 1 fully saturated rings. The number of hydrogen-bond donors (Lipinski definition) is 0. The summed E-state index contributed by atoms with van der Waals surface area (Å²) in [5.74, 6) is -0.430. The van der Waals surface area contributed by atoms with Gasteiger partial charge in [-0.1, -0.05) is 34.8 Å². The van der Waals surface area contributed by atoms with Crippen LogP contribution >= 0.6 is 34.8 Å². The first-order valence-electron chi connectivity index (χ1n) is 8.14. The summed E-state index contributed by atoms with van der Waals surface area (Å²) in [5.41, 5.74) is -4.06. The Kier molecular flexibility index (Phi) is 5.64. The maximum atomic E-state index is 14.1. The molecule has 0 aliphatic carbocycles. The largest absolute Gasteiger partial charge is 0.433 e. The van der Waals surface area contributed by atoms with E-state index in [2.05, 4.69) is 9.97 Å². The van der Waals surface area contributed by atoms with Crippen LogP contribution in [0.25, 0.3) is 0 Å². The molecule has 12 heteroatoms. The number of anilines is 1. The lowest BCUT2D eigenvalue weighted by molar-refractivity contribution is -0.184. The molecule has 1 atom stereocenters. The number of alkyl halides is 6. The molecular weight excluding hydrogens is 467 g/mol. The van der Waals surface area contributed by atoms with Crippen molar-refractivity contribution in [2.45, 2.75) is 31.1 Å². The van der Waals surface area contributed by atoms with E-state index in [-0.39, 0.29) is 32.7 Å². The van der Waals surface area contributed by atoms with Crippen molar-refractivity contribution in [2.24, 2.45) is 0 Å². The highest BCUT2D eigenvalue weighted by Crippen LogP contribution is 2.50. The number of nitrogens with zero attached hydrogens (tertiary/aromatic N) is 3. The Morgan fingerprint density at radius 1 is 1.03 bits per heavy atom. The summed E-state index contributed by atoms with van der Waals surface area (Å²) >= 11 is 17.6. The Morgan fingerprint density at radius 2 is 1.62 bits per heavy atom. The Morgan fingerprint density at radius 3 is 2.14 bits per heavy atom. The van der Waals surface area contributed by atoms with Gasteiger partial charge in [0.1, 0.15) is 5.41 Å². The average Bonchev–Trinajstić information content (AvgIpc) is 3.05. The van der Waals surface area contributed by atoms with Crippen molar-refractivity contribution in [3.63, 3.8) is 0 Å². The highest BCUT2D eigenvalue weighted by molar-refractivity contribution is 6.48. The minimum atomic E-state index is -4.75. The third-order valence-corrected chi connectivity index (χ3v) is 6.06. The van der Waals surface area contributed by atoms with Crippen LogP contribution in [0.4, 0.5) is 32.3 Å². The highest BCUT2D eigenvalue weighted by atomic mass is 35.5. The van der Waals surface area contributed by atoms with Crippen molar-refractivity contribution in [1.29, 1.82) is 0 Å². The Balaban J connectivity index is 2.05. The van der Waals surface area contributed by atoms with E-state index in [9.17, 15) is 26.3 Å². The van der Waals surface area contributed by atoms with Crippen LogP contribution in [0.15, 0.2) is 18.3 Å². The number of rotatable bonds is 2. The lowest BCUT2D eigenvalue weighted by atomic mass is 9.79. The molecule has 0 bridgehead atoms.